The maximum atomic E-state index is 12.2. The molecule has 3 rings (SSSR count). The standard InChI is InChI=1S/C18H33N3O2/c22-18(19-13-17-8-6-12-23-17)15-20-9-5-7-16(14-20)21-10-3-1-2-4-11-21/h16-17H,1-15H2,(H,19,22)/t16-,17+/m1/s1. The van der Waals surface area contributed by atoms with Gasteiger partial charge in [-0.15, -0.1) is 0 Å². The lowest BCUT2D eigenvalue weighted by molar-refractivity contribution is -0.123. The minimum atomic E-state index is 0.164. The molecule has 3 aliphatic rings. The molecular formula is C18H33N3O2. The van der Waals surface area contributed by atoms with E-state index >= 15 is 0 Å². The molecule has 0 aromatic heterocycles. The number of nitrogens with one attached hydrogen (secondary N) is 1. The second kappa shape index (κ2) is 9.00. The summed E-state index contributed by atoms with van der Waals surface area (Å²) >= 11 is 0. The zero-order chi connectivity index (χ0) is 15.9. The highest BCUT2D eigenvalue weighted by atomic mass is 16.5. The molecular weight excluding hydrogens is 290 g/mol. The Balaban J connectivity index is 1.39. The second-order valence-corrected chi connectivity index (χ2v) is 7.42. The third-order valence-corrected chi connectivity index (χ3v) is 5.56. The zero-order valence-electron chi connectivity index (χ0n) is 14.5. The number of rotatable bonds is 5. The number of amides is 1. The topological polar surface area (TPSA) is 44.8 Å². The molecule has 3 fully saturated rings. The Morgan fingerprint density at radius 3 is 2.57 bits per heavy atom. The lowest BCUT2D eigenvalue weighted by Gasteiger charge is -2.38. The number of hydrogen-bond donors (Lipinski definition) is 1. The first-order valence-corrected chi connectivity index (χ1v) is 9.66. The van der Waals surface area contributed by atoms with Gasteiger partial charge in [-0.25, -0.2) is 0 Å². The van der Waals surface area contributed by atoms with Gasteiger partial charge >= 0.3 is 0 Å². The van der Waals surface area contributed by atoms with E-state index in [1.54, 1.807) is 0 Å². The number of nitrogens with zero attached hydrogens (tertiary/aromatic N) is 2. The first-order valence-electron chi connectivity index (χ1n) is 9.66. The van der Waals surface area contributed by atoms with Gasteiger partial charge in [-0.05, 0) is 58.2 Å². The number of ether oxygens (including phenoxy) is 1. The molecule has 1 N–H and O–H groups in total. The van der Waals surface area contributed by atoms with Gasteiger partial charge in [0, 0.05) is 25.7 Å². The molecule has 0 spiro atoms. The Morgan fingerprint density at radius 2 is 1.83 bits per heavy atom. The van der Waals surface area contributed by atoms with E-state index < -0.39 is 0 Å². The predicted octanol–water partition coefficient (Wildman–Crippen LogP) is 1.62. The second-order valence-electron chi connectivity index (χ2n) is 7.42. The molecule has 5 nitrogen and oxygen atoms in total. The quantitative estimate of drug-likeness (QED) is 0.835. The maximum absolute atomic E-state index is 12.2. The zero-order valence-corrected chi connectivity index (χ0v) is 14.5. The number of carbonyl (C=O) groups excluding carboxylic acids is 1. The van der Waals surface area contributed by atoms with E-state index in [1.807, 2.05) is 0 Å². The van der Waals surface area contributed by atoms with Crippen molar-refractivity contribution < 1.29 is 9.53 Å². The summed E-state index contributed by atoms with van der Waals surface area (Å²) < 4.78 is 5.57. The third kappa shape index (κ3) is 5.44. The van der Waals surface area contributed by atoms with Crippen molar-refractivity contribution in [3.05, 3.63) is 0 Å². The van der Waals surface area contributed by atoms with Crippen molar-refractivity contribution in [2.45, 2.75) is 63.5 Å². The molecule has 2 atom stereocenters. The van der Waals surface area contributed by atoms with Gasteiger partial charge < -0.3 is 10.1 Å². The number of likely N-dealkylation sites (tertiary alicyclic amines) is 2. The van der Waals surface area contributed by atoms with E-state index in [-0.39, 0.29) is 12.0 Å². The lowest BCUT2D eigenvalue weighted by Crippen LogP contribution is -2.51. The van der Waals surface area contributed by atoms with E-state index in [4.69, 9.17) is 4.74 Å². The summed E-state index contributed by atoms with van der Waals surface area (Å²) in [5.41, 5.74) is 0. The van der Waals surface area contributed by atoms with E-state index in [1.165, 1.54) is 51.6 Å². The summed E-state index contributed by atoms with van der Waals surface area (Å²) in [5.74, 6) is 0.164. The van der Waals surface area contributed by atoms with Gasteiger partial charge in [0.25, 0.3) is 0 Å². The highest BCUT2D eigenvalue weighted by Crippen LogP contribution is 2.20. The Bertz CT molecular complexity index is 363. The van der Waals surface area contributed by atoms with Crippen LogP contribution in [0, 0.1) is 0 Å². The molecule has 3 heterocycles. The number of hydrogen-bond acceptors (Lipinski definition) is 4. The van der Waals surface area contributed by atoms with Crippen LogP contribution in [0.5, 0.6) is 0 Å². The average molecular weight is 323 g/mol. The summed E-state index contributed by atoms with van der Waals surface area (Å²) in [6.07, 6.45) is 10.4. The van der Waals surface area contributed by atoms with Gasteiger partial charge in [-0.2, -0.15) is 0 Å². The minimum Gasteiger partial charge on any atom is -0.376 e. The van der Waals surface area contributed by atoms with Gasteiger partial charge in [0.1, 0.15) is 0 Å². The Kier molecular flexibility index (Phi) is 6.72. The molecule has 132 valence electrons. The molecule has 0 bridgehead atoms. The summed E-state index contributed by atoms with van der Waals surface area (Å²) in [5, 5.41) is 3.06. The van der Waals surface area contributed by atoms with Crippen molar-refractivity contribution in [2.75, 3.05) is 45.9 Å². The summed E-state index contributed by atoms with van der Waals surface area (Å²) in [7, 11) is 0. The summed E-state index contributed by atoms with van der Waals surface area (Å²) in [4.78, 5) is 17.2. The van der Waals surface area contributed by atoms with Crippen LogP contribution in [0.15, 0.2) is 0 Å². The smallest absolute Gasteiger partial charge is 0.234 e. The Hall–Kier alpha value is -0.650. The van der Waals surface area contributed by atoms with E-state index in [2.05, 4.69) is 15.1 Å². The van der Waals surface area contributed by atoms with Crippen LogP contribution in [0.3, 0.4) is 0 Å². The number of carbonyl (C=O) groups is 1. The van der Waals surface area contributed by atoms with Crippen LogP contribution in [-0.4, -0.2) is 73.7 Å². The van der Waals surface area contributed by atoms with Crippen LogP contribution in [0.2, 0.25) is 0 Å². The van der Waals surface area contributed by atoms with Crippen molar-refractivity contribution in [1.29, 1.82) is 0 Å². The normalized spacial score (nSPS) is 31.0. The van der Waals surface area contributed by atoms with Gasteiger partial charge in [0.15, 0.2) is 0 Å². The maximum Gasteiger partial charge on any atom is 0.234 e. The molecule has 3 saturated heterocycles. The number of piperidine rings is 1. The van der Waals surface area contributed by atoms with Gasteiger partial charge in [0.2, 0.25) is 5.91 Å². The summed E-state index contributed by atoms with van der Waals surface area (Å²) in [6.45, 7) is 6.72. The molecule has 0 unspecified atom stereocenters. The highest BCUT2D eigenvalue weighted by molar-refractivity contribution is 5.78. The van der Waals surface area contributed by atoms with Crippen molar-refractivity contribution in [1.82, 2.24) is 15.1 Å². The van der Waals surface area contributed by atoms with Crippen molar-refractivity contribution in [3.63, 3.8) is 0 Å². The van der Waals surface area contributed by atoms with Crippen LogP contribution in [0.25, 0.3) is 0 Å². The highest BCUT2D eigenvalue weighted by Gasteiger charge is 2.26. The van der Waals surface area contributed by atoms with Crippen LogP contribution in [0.1, 0.15) is 51.4 Å². The van der Waals surface area contributed by atoms with Crippen LogP contribution in [-0.2, 0) is 9.53 Å². The fourth-order valence-corrected chi connectivity index (χ4v) is 4.23. The molecule has 0 aromatic rings. The molecule has 5 heteroatoms. The van der Waals surface area contributed by atoms with Crippen molar-refractivity contribution in [2.24, 2.45) is 0 Å². The van der Waals surface area contributed by atoms with Crippen LogP contribution in [0.4, 0.5) is 0 Å². The first kappa shape index (κ1) is 17.2. The van der Waals surface area contributed by atoms with Gasteiger partial charge in [0.05, 0.1) is 12.6 Å². The monoisotopic (exact) mass is 323 g/mol. The van der Waals surface area contributed by atoms with Gasteiger partial charge in [-0.3, -0.25) is 14.6 Å². The molecule has 3 aliphatic heterocycles. The van der Waals surface area contributed by atoms with Crippen LogP contribution >= 0.6 is 0 Å². The molecule has 0 aromatic carbocycles. The van der Waals surface area contributed by atoms with Crippen molar-refractivity contribution >= 4 is 5.91 Å². The van der Waals surface area contributed by atoms with Crippen LogP contribution < -0.4 is 5.32 Å². The average Bonchev–Trinajstić information content (AvgIpc) is 2.93. The Labute approximate surface area is 140 Å². The lowest BCUT2D eigenvalue weighted by atomic mass is 10.0. The minimum absolute atomic E-state index is 0.164. The SMILES string of the molecule is O=C(CN1CCC[C@@H](N2CCCCCC2)C1)NC[C@@H]1CCCO1. The molecule has 0 saturated carbocycles. The molecule has 1 amide bonds. The fraction of sp³-hybridized carbons (Fsp3) is 0.944. The first-order chi connectivity index (χ1) is 11.3. The third-order valence-electron chi connectivity index (χ3n) is 5.56. The fourth-order valence-electron chi connectivity index (χ4n) is 4.23. The van der Waals surface area contributed by atoms with E-state index in [0.717, 1.165) is 32.5 Å². The van der Waals surface area contributed by atoms with E-state index in [9.17, 15) is 4.79 Å². The predicted molar refractivity (Wildman–Crippen MR) is 91.5 cm³/mol. The molecule has 23 heavy (non-hydrogen) atoms. The Morgan fingerprint density at radius 1 is 1.00 bits per heavy atom. The molecule has 0 aliphatic carbocycles. The summed E-state index contributed by atoms with van der Waals surface area (Å²) in [6, 6.07) is 0.660. The van der Waals surface area contributed by atoms with Crippen molar-refractivity contribution in [3.8, 4) is 0 Å². The van der Waals surface area contributed by atoms with E-state index in [0.29, 0.717) is 19.1 Å². The largest absolute Gasteiger partial charge is 0.376 e. The molecule has 0 radical (unpaired) electrons. The van der Waals surface area contributed by atoms with Gasteiger partial charge in [-0.1, -0.05) is 12.8 Å².